The Bertz CT molecular complexity index is 1050. The minimum Gasteiger partial charge on any atom is -0.468 e. The zero-order valence-corrected chi connectivity index (χ0v) is 20.8. The molecule has 0 radical (unpaired) electrons. The number of hydrogen-bond acceptors (Lipinski definition) is 9. The molecule has 0 aromatic carbocycles. The van der Waals surface area contributed by atoms with Crippen LogP contribution in [0.25, 0.3) is 0 Å². The highest BCUT2D eigenvalue weighted by Gasteiger charge is 2.42. The van der Waals surface area contributed by atoms with Crippen LogP contribution in [0.15, 0.2) is 71.6 Å². The second kappa shape index (κ2) is 13.2. The number of aryl methyl sites for hydroxylation is 2. The van der Waals surface area contributed by atoms with E-state index in [0.717, 1.165) is 11.1 Å². The van der Waals surface area contributed by atoms with Crippen molar-refractivity contribution in [3.05, 3.63) is 82.7 Å². The number of allylic oxidation sites excluding steroid dienone is 2. The van der Waals surface area contributed by atoms with Crippen LogP contribution in [0.2, 0.25) is 0 Å². The van der Waals surface area contributed by atoms with Crippen LogP contribution in [0.4, 0.5) is 0 Å². The molecule has 2 aromatic rings. The maximum absolute atomic E-state index is 13.0. The van der Waals surface area contributed by atoms with Crippen molar-refractivity contribution in [2.24, 2.45) is 5.92 Å². The Kier molecular flexibility index (Phi) is 9.73. The molecule has 0 amide bonds. The summed E-state index contributed by atoms with van der Waals surface area (Å²) in [6.45, 7) is 3.60. The third-order valence-corrected chi connectivity index (χ3v) is 5.77. The van der Waals surface area contributed by atoms with Gasteiger partial charge < -0.3 is 19.5 Å². The third kappa shape index (κ3) is 7.00. The Labute approximate surface area is 210 Å². The minimum absolute atomic E-state index is 0.0381. The van der Waals surface area contributed by atoms with Gasteiger partial charge in [-0.2, -0.15) is 0 Å². The predicted octanol–water partition coefficient (Wildman–Crippen LogP) is 3.07. The molecular formula is C27H31N3O6. The van der Waals surface area contributed by atoms with E-state index in [1.807, 2.05) is 24.3 Å². The molecule has 0 bridgehead atoms. The second-order valence-electron chi connectivity index (χ2n) is 8.36. The highest BCUT2D eigenvalue weighted by molar-refractivity contribution is 6.05. The van der Waals surface area contributed by atoms with Gasteiger partial charge in [0.25, 0.3) is 0 Å². The van der Waals surface area contributed by atoms with Gasteiger partial charge in [-0.05, 0) is 62.8 Å². The summed E-state index contributed by atoms with van der Waals surface area (Å²) >= 11 is 0. The van der Waals surface area contributed by atoms with Gasteiger partial charge in [-0.15, -0.1) is 0 Å². The summed E-state index contributed by atoms with van der Waals surface area (Å²) in [6, 6.07) is 7.58. The van der Waals surface area contributed by atoms with E-state index in [1.54, 1.807) is 38.6 Å². The molecule has 3 rings (SSSR count). The van der Waals surface area contributed by atoms with Crippen molar-refractivity contribution < 1.29 is 28.6 Å². The molecule has 1 aliphatic rings. The highest BCUT2D eigenvalue weighted by Crippen LogP contribution is 2.32. The SMILES string of the molecule is COC(=O)C1C(C(=O)OCCCc2cccnc2)=C(C)NC(C)=C1C(=O)OCCCc1cccnc1. The van der Waals surface area contributed by atoms with Gasteiger partial charge in [0, 0.05) is 36.2 Å². The summed E-state index contributed by atoms with van der Waals surface area (Å²) in [5.41, 5.74) is 2.99. The fourth-order valence-electron chi connectivity index (χ4n) is 4.02. The number of aromatic nitrogens is 2. The van der Waals surface area contributed by atoms with Crippen LogP contribution in [0.1, 0.15) is 37.8 Å². The lowest BCUT2D eigenvalue weighted by atomic mass is 9.85. The molecule has 0 spiro atoms. The summed E-state index contributed by atoms with van der Waals surface area (Å²) in [5, 5.41) is 3.02. The first-order valence-electron chi connectivity index (χ1n) is 11.8. The molecule has 9 heteroatoms. The molecule has 0 saturated heterocycles. The van der Waals surface area contributed by atoms with Gasteiger partial charge in [-0.1, -0.05) is 12.1 Å². The van der Waals surface area contributed by atoms with Crippen molar-refractivity contribution in [1.82, 2.24) is 15.3 Å². The summed E-state index contributed by atoms with van der Waals surface area (Å²) in [7, 11) is 1.21. The normalized spacial score (nSPS) is 13.8. The Balaban J connectivity index is 1.64. The largest absolute Gasteiger partial charge is 0.468 e. The highest BCUT2D eigenvalue weighted by atomic mass is 16.5. The first-order chi connectivity index (χ1) is 17.4. The topological polar surface area (TPSA) is 117 Å². The van der Waals surface area contributed by atoms with Gasteiger partial charge in [-0.25, -0.2) is 9.59 Å². The summed E-state index contributed by atoms with van der Waals surface area (Å²) < 4.78 is 15.9. The van der Waals surface area contributed by atoms with Gasteiger partial charge in [0.05, 0.1) is 31.5 Å². The number of rotatable bonds is 11. The van der Waals surface area contributed by atoms with Crippen LogP contribution in [-0.4, -0.2) is 48.2 Å². The number of ether oxygens (including phenoxy) is 3. The van der Waals surface area contributed by atoms with Crippen LogP contribution in [0.5, 0.6) is 0 Å². The molecule has 1 aliphatic heterocycles. The van der Waals surface area contributed by atoms with Crippen molar-refractivity contribution in [2.75, 3.05) is 20.3 Å². The molecule has 0 unspecified atom stereocenters. The standard InChI is InChI=1S/C27H31N3O6/c1-18-22(26(32)35-14-6-10-20-8-4-12-28-16-20)24(25(31)34-3)23(19(2)30-18)27(33)36-15-7-11-21-9-5-13-29-17-21/h4-5,8-9,12-13,16-17,24,30H,6-7,10-11,14-15H2,1-3H3. The quantitative estimate of drug-likeness (QED) is 0.286. The molecule has 0 aliphatic carbocycles. The molecule has 190 valence electrons. The lowest BCUT2D eigenvalue weighted by Gasteiger charge is -2.28. The Morgan fingerprint density at radius 2 is 1.31 bits per heavy atom. The van der Waals surface area contributed by atoms with Crippen molar-refractivity contribution >= 4 is 17.9 Å². The van der Waals surface area contributed by atoms with Crippen LogP contribution >= 0.6 is 0 Å². The second-order valence-corrected chi connectivity index (χ2v) is 8.36. The van der Waals surface area contributed by atoms with E-state index in [4.69, 9.17) is 14.2 Å². The maximum atomic E-state index is 13.0. The number of pyridine rings is 2. The number of hydrogen-bond donors (Lipinski definition) is 1. The van der Waals surface area contributed by atoms with Crippen molar-refractivity contribution in [2.45, 2.75) is 39.5 Å². The van der Waals surface area contributed by atoms with E-state index in [1.165, 1.54) is 7.11 Å². The number of nitrogens with zero attached hydrogens (tertiary/aromatic N) is 2. The minimum atomic E-state index is -1.24. The fraction of sp³-hybridized carbons (Fsp3) is 0.370. The first-order valence-corrected chi connectivity index (χ1v) is 11.8. The lowest BCUT2D eigenvalue weighted by molar-refractivity contribution is -0.150. The van der Waals surface area contributed by atoms with Gasteiger partial charge in [-0.3, -0.25) is 14.8 Å². The number of dihydropyridines is 1. The smallest absolute Gasteiger partial charge is 0.337 e. The van der Waals surface area contributed by atoms with Crippen molar-refractivity contribution in [1.29, 1.82) is 0 Å². The molecule has 2 aromatic heterocycles. The van der Waals surface area contributed by atoms with E-state index >= 15 is 0 Å². The lowest BCUT2D eigenvalue weighted by Crippen LogP contribution is -2.38. The molecule has 3 heterocycles. The summed E-state index contributed by atoms with van der Waals surface area (Å²) in [6.07, 6.45) is 9.45. The molecule has 0 atom stereocenters. The molecule has 9 nitrogen and oxygen atoms in total. The summed E-state index contributed by atoms with van der Waals surface area (Å²) in [5.74, 6) is -3.35. The molecule has 1 N–H and O–H groups in total. The predicted molar refractivity (Wildman–Crippen MR) is 131 cm³/mol. The fourth-order valence-corrected chi connectivity index (χ4v) is 4.02. The van der Waals surface area contributed by atoms with E-state index in [-0.39, 0.29) is 24.4 Å². The molecule has 36 heavy (non-hydrogen) atoms. The van der Waals surface area contributed by atoms with Crippen LogP contribution in [-0.2, 0) is 41.4 Å². The molecule has 0 fully saturated rings. The first kappa shape index (κ1) is 26.6. The van der Waals surface area contributed by atoms with E-state index in [0.29, 0.717) is 37.1 Å². The van der Waals surface area contributed by atoms with Gasteiger partial charge >= 0.3 is 17.9 Å². The molecular weight excluding hydrogens is 462 g/mol. The number of nitrogens with one attached hydrogen (secondary N) is 1. The zero-order valence-electron chi connectivity index (χ0n) is 20.8. The summed E-state index contributed by atoms with van der Waals surface area (Å²) in [4.78, 5) is 46.9. The van der Waals surface area contributed by atoms with E-state index < -0.39 is 23.8 Å². The van der Waals surface area contributed by atoms with Gasteiger partial charge in [0.1, 0.15) is 5.92 Å². The van der Waals surface area contributed by atoms with Gasteiger partial charge in [0.2, 0.25) is 0 Å². The number of carbonyl (C=O) groups is 3. The average molecular weight is 494 g/mol. The van der Waals surface area contributed by atoms with Gasteiger partial charge in [0.15, 0.2) is 0 Å². The van der Waals surface area contributed by atoms with Crippen molar-refractivity contribution in [3.8, 4) is 0 Å². The van der Waals surface area contributed by atoms with Crippen LogP contribution < -0.4 is 5.32 Å². The van der Waals surface area contributed by atoms with E-state index in [2.05, 4.69) is 15.3 Å². The maximum Gasteiger partial charge on any atom is 0.337 e. The van der Waals surface area contributed by atoms with Crippen molar-refractivity contribution in [3.63, 3.8) is 0 Å². The number of esters is 3. The Morgan fingerprint density at radius 3 is 1.69 bits per heavy atom. The Hall–Kier alpha value is -4.01. The zero-order chi connectivity index (χ0) is 25.9. The monoisotopic (exact) mass is 493 g/mol. The van der Waals surface area contributed by atoms with Crippen LogP contribution in [0.3, 0.4) is 0 Å². The third-order valence-electron chi connectivity index (χ3n) is 5.77. The number of carbonyl (C=O) groups excluding carboxylic acids is 3. The van der Waals surface area contributed by atoms with E-state index in [9.17, 15) is 14.4 Å². The van der Waals surface area contributed by atoms with Crippen LogP contribution in [0, 0.1) is 5.92 Å². The molecule has 0 saturated carbocycles. The average Bonchev–Trinajstić information content (AvgIpc) is 2.89. The Morgan fingerprint density at radius 1 is 0.833 bits per heavy atom. The number of methoxy groups -OCH3 is 1.